The lowest BCUT2D eigenvalue weighted by Crippen LogP contribution is -2.33. The molecule has 0 bridgehead atoms. The second-order valence-corrected chi connectivity index (χ2v) is 7.04. The minimum atomic E-state index is -0.461. The predicted molar refractivity (Wildman–Crippen MR) is 83.3 cm³/mol. The second kappa shape index (κ2) is 7.35. The average Bonchev–Trinajstić information content (AvgIpc) is 2.39. The second-order valence-electron chi connectivity index (χ2n) is 7.04. The van der Waals surface area contributed by atoms with E-state index < -0.39 is 11.6 Å². The zero-order chi connectivity index (χ0) is 15.4. The molecule has 3 atom stereocenters. The Labute approximate surface area is 127 Å². The maximum Gasteiger partial charge on any atom is 0.126 e. The number of hydrogen-bond acceptors (Lipinski definition) is 1. The van der Waals surface area contributed by atoms with Gasteiger partial charge >= 0.3 is 0 Å². The molecule has 1 nitrogen and oxygen atoms in total. The summed E-state index contributed by atoms with van der Waals surface area (Å²) in [4.78, 5) is 0. The van der Waals surface area contributed by atoms with E-state index in [-0.39, 0.29) is 5.92 Å². The van der Waals surface area contributed by atoms with Crippen molar-refractivity contribution in [3.63, 3.8) is 0 Å². The van der Waals surface area contributed by atoms with Crippen molar-refractivity contribution in [1.29, 1.82) is 0 Å². The van der Waals surface area contributed by atoms with E-state index in [1.165, 1.54) is 18.6 Å². The molecule has 3 heteroatoms. The molecule has 0 heterocycles. The van der Waals surface area contributed by atoms with Gasteiger partial charge in [-0.15, -0.1) is 0 Å². The highest BCUT2D eigenvalue weighted by atomic mass is 19.1. The molecule has 1 aliphatic carbocycles. The van der Waals surface area contributed by atoms with Gasteiger partial charge in [0.2, 0.25) is 0 Å². The summed E-state index contributed by atoms with van der Waals surface area (Å²) in [5.41, 5.74) is 0.829. The van der Waals surface area contributed by atoms with Crippen molar-refractivity contribution in [3.8, 4) is 0 Å². The van der Waals surface area contributed by atoms with E-state index in [4.69, 9.17) is 0 Å². The van der Waals surface area contributed by atoms with Gasteiger partial charge in [0.05, 0.1) is 0 Å². The smallest absolute Gasteiger partial charge is 0.126 e. The number of benzene rings is 1. The lowest BCUT2D eigenvalue weighted by atomic mass is 9.71. The minimum absolute atomic E-state index is 0.263. The number of hydrogen-bond donors (Lipinski definition) is 1. The standard InChI is InChI=1S/C18H27F2N/c1-12(2)10-21-11-14-5-4-13(3)6-18(14)15-7-16(19)9-17(20)8-15/h7-9,12-14,18,21H,4-6,10-11H2,1-3H3. The number of nitrogens with one attached hydrogen (secondary N) is 1. The fraction of sp³-hybridized carbons (Fsp3) is 0.667. The molecular formula is C18H27F2N. The molecule has 1 saturated carbocycles. The molecule has 118 valence electrons. The molecule has 1 aromatic carbocycles. The van der Waals surface area contributed by atoms with E-state index in [0.717, 1.165) is 37.6 Å². The van der Waals surface area contributed by atoms with Gasteiger partial charge in [-0.05, 0) is 67.3 Å². The molecule has 1 fully saturated rings. The SMILES string of the molecule is CC(C)CNCC1CCC(C)CC1c1cc(F)cc(F)c1. The van der Waals surface area contributed by atoms with Crippen LogP contribution in [-0.2, 0) is 0 Å². The fourth-order valence-electron chi connectivity index (χ4n) is 3.44. The molecule has 0 spiro atoms. The van der Waals surface area contributed by atoms with Gasteiger partial charge in [0.15, 0.2) is 0 Å². The van der Waals surface area contributed by atoms with Gasteiger partial charge in [-0.2, -0.15) is 0 Å². The van der Waals surface area contributed by atoms with Crippen molar-refractivity contribution >= 4 is 0 Å². The Kier molecular flexibility index (Phi) is 5.74. The number of halogens is 2. The Balaban J connectivity index is 2.10. The Morgan fingerprint density at radius 3 is 2.43 bits per heavy atom. The first-order valence-electron chi connectivity index (χ1n) is 8.12. The molecule has 1 aliphatic rings. The molecule has 0 radical (unpaired) electrons. The van der Waals surface area contributed by atoms with Gasteiger partial charge in [0, 0.05) is 6.07 Å². The van der Waals surface area contributed by atoms with Crippen LogP contribution in [0.25, 0.3) is 0 Å². The van der Waals surface area contributed by atoms with Gasteiger partial charge < -0.3 is 5.32 Å². The first-order chi connectivity index (χ1) is 9.95. The maximum atomic E-state index is 13.5. The van der Waals surface area contributed by atoms with Gasteiger partial charge in [0.25, 0.3) is 0 Å². The summed E-state index contributed by atoms with van der Waals surface area (Å²) < 4.78 is 27.0. The third-order valence-corrected chi connectivity index (χ3v) is 4.53. The Morgan fingerprint density at radius 2 is 1.81 bits per heavy atom. The highest BCUT2D eigenvalue weighted by Gasteiger charge is 2.30. The molecule has 0 amide bonds. The van der Waals surface area contributed by atoms with Crippen LogP contribution in [0.1, 0.15) is 51.5 Å². The van der Waals surface area contributed by atoms with Crippen molar-refractivity contribution in [3.05, 3.63) is 35.4 Å². The molecule has 1 aromatic rings. The van der Waals surface area contributed by atoms with E-state index in [2.05, 4.69) is 26.1 Å². The molecule has 3 unspecified atom stereocenters. The first kappa shape index (κ1) is 16.4. The van der Waals surface area contributed by atoms with Gasteiger partial charge in [-0.1, -0.05) is 27.2 Å². The molecular weight excluding hydrogens is 268 g/mol. The first-order valence-corrected chi connectivity index (χ1v) is 8.12. The molecule has 0 aromatic heterocycles. The van der Waals surface area contributed by atoms with Gasteiger partial charge in [0.1, 0.15) is 11.6 Å². The minimum Gasteiger partial charge on any atom is -0.316 e. The van der Waals surface area contributed by atoms with Crippen molar-refractivity contribution in [2.24, 2.45) is 17.8 Å². The topological polar surface area (TPSA) is 12.0 Å². The summed E-state index contributed by atoms with van der Waals surface area (Å²) in [5, 5.41) is 3.51. The van der Waals surface area contributed by atoms with Crippen LogP contribution in [0, 0.1) is 29.4 Å². The lowest BCUT2D eigenvalue weighted by molar-refractivity contribution is 0.239. The average molecular weight is 295 g/mol. The molecule has 0 saturated heterocycles. The molecule has 1 N–H and O–H groups in total. The fourth-order valence-corrected chi connectivity index (χ4v) is 3.44. The van der Waals surface area contributed by atoms with Crippen molar-refractivity contribution in [1.82, 2.24) is 5.32 Å². The van der Waals surface area contributed by atoms with Crippen LogP contribution in [0.5, 0.6) is 0 Å². The molecule has 2 rings (SSSR count). The number of rotatable bonds is 5. The van der Waals surface area contributed by atoms with E-state index in [9.17, 15) is 8.78 Å². The van der Waals surface area contributed by atoms with Crippen molar-refractivity contribution in [2.45, 2.75) is 46.0 Å². The van der Waals surface area contributed by atoms with Crippen LogP contribution in [0.3, 0.4) is 0 Å². The summed E-state index contributed by atoms with van der Waals surface area (Å²) in [6, 6.07) is 3.99. The predicted octanol–water partition coefficient (Wildman–Crippen LogP) is 4.73. The van der Waals surface area contributed by atoms with Crippen LogP contribution < -0.4 is 5.32 Å². The summed E-state index contributed by atoms with van der Waals surface area (Å²) in [6.45, 7) is 8.55. The van der Waals surface area contributed by atoms with Crippen LogP contribution >= 0.6 is 0 Å². The Morgan fingerprint density at radius 1 is 1.14 bits per heavy atom. The quantitative estimate of drug-likeness (QED) is 0.828. The Hall–Kier alpha value is -0.960. The third-order valence-electron chi connectivity index (χ3n) is 4.53. The van der Waals surface area contributed by atoms with Crippen LogP contribution in [-0.4, -0.2) is 13.1 Å². The monoisotopic (exact) mass is 295 g/mol. The maximum absolute atomic E-state index is 13.5. The van der Waals surface area contributed by atoms with Crippen LogP contribution in [0.4, 0.5) is 8.78 Å². The van der Waals surface area contributed by atoms with Gasteiger partial charge in [-0.25, -0.2) is 8.78 Å². The lowest BCUT2D eigenvalue weighted by Gasteiger charge is -2.35. The van der Waals surface area contributed by atoms with Crippen LogP contribution in [0.2, 0.25) is 0 Å². The molecule has 21 heavy (non-hydrogen) atoms. The highest BCUT2D eigenvalue weighted by molar-refractivity contribution is 5.23. The van der Waals surface area contributed by atoms with Crippen molar-refractivity contribution < 1.29 is 8.78 Å². The third kappa shape index (κ3) is 4.77. The van der Waals surface area contributed by atoms with E-state index in [1.807, 2.05) is 0 Å². The summed E-state index contributed by atoms with van der Waals surface area (Å²) in [7, 11) is 0. The summed E-state index contributed by atoms with van der Waals surface area (Å²) >= 11 is 0. The highest BCUT2D eigenvalue weighted by Crippen LogP contribution is 2.40. The molecule has 0 aliphatic heterocycles. The Bertz CT molecular complexity index is 438. The van der Waals surface area contributed by atoms with E-state index in [0.29, 0.717) is 17.8 Å². The van der Waals surface area contributed by atoms with E-state index >= 15 is 0 Å². The van der Waals surface area contributed by atoms with Crippen molar-refractivity contribution in [2.75, 3.05) is 13.1 Å². The largest absolute Gasteiger partial charge is 0.316 e. The zero-order valence-corrected chi connectivity index (χ0v) is 13.3. The van der Waals surface area contributed by atoms with Crippen LogP contribution in [0.15, 0.2) is 18.2 Å². The zero-order valence-electron chi connectivity index (χ0n) is 13.3. The van der Waals surface area contributed by atoms with Gasteiger partial charge in [-0.3, -0.25) is 0 Å². The summed E-state index contributed by atoms with van der Waals surface area (Å²) in [6.07, 6.45) is 3.37. The van der Waals surface area contributed by atoms with E-state index in [1.54, 1.807) is 0 Å². The normalized spacial score (nSPS) is 26.3. The summed E-state index contributed by atoms with van der Waals surface area (Å²) in [5.74, 6) is 1.06.